The van der Waals surface area contributed by atoms with Crippen LogP contribution < -0.4 is 15.8 Å². The molecule has 0 aromatic heterocycles. The number of nitrogens with two attached hydrogens (primary N) is 1. The summed E-state index contributed by atoms with van der Waals surface area (Å²) in [5.74, 6) is 0.739. The fourth-order valence-electron chi connectivity index (χ4n) is 3.56. The SMILES string of the molecule is N=C(N)c1ccc2c(c1)C(CC(=O)NCc1ccc(-c3ccccc3)cc1)CO2. The predicted molar refractivity (Wildman–Crippen MR) is 114 cm³/mol. The van der Waals surface area contributed by atoms with Crippen LogP contribution >= 0.6 is 0 Å². The highest BCUT2D eigenvalue weighted by molar-refractivity contribution is 5.95. The average Bonchev–Trinajstić information content (AvgIpc) is 3.15. The normalized spacial score (nSPS) is 14.7. The molecule has 0 saturated heterocycles. The van der Waals surface area contributed by atoms with E-state index in [1.165, 1.54) is 5.56 Å². The van der Waals surface area contributed by atoms with Crippen molar-refractivity contribution in [2.24, 2.45) is 5.73 Å². The maximum Gasteiger partial charge on any atom is 0.221 e. The molecule has 1 unspecified atom stereocenters. The molecule has 1 aliphatic rings. The van der Waals surface area contributed by atoms with E-state index in [1.807, 2.05) is 42.5 Å². The van der Waals surface area contributed by atoms with Crippen molar-refractivity contribution < 1.29 is 9.53 Å². The maximum absolute atomic E-state index is 12.5. The van der Waals surface area contributed by atoms with Crippen LogP contribution in [0.25, 0.3) is 11.1 Å². The Bertz CT molecular complexity index is 1030. The molecule has 1 aliphatic heterocycles. The molecule has 146 valence electrons. The summed E-state index contributed by atoms with van der Waals surface area (Å²) in [7, 11) is 0. The van der Waals surface area contributed by atoms with Gasteiger partial charge >= 0.3 is 0 Å². The number of fused-ring (bicyclic) bond motifs is 1. The molecule has 29 heavy (non-hydrogen) atoms. The first kappa shape index (κ1) is 18.7. The topological polar surface area (TPSA) is 88.2 Å². The molecule has 4 N–H and O–H groups in total. The Balaban J connectivity index is 1.35. The first-order valence-corrected chi connectivity index (χ1v) is 9.62. The van der Waals surface area contributed by atoms with E-state index >= 15 is 0 Å². The smallest absolute Gasteiger partial charge is 0.221 e. The summed E-state index contributed by atoms with van der Waals surface area (Å²) in [5.41, 5.74) is 10.6. The van der Waals surface area contributed by atoms with Gasteiger partial charge in [-0.3, -0.25) is 10.2 Å². The van der Waals surface area contributed by atoms with Gasteiger partial charge in [-0.1, -0.05) is 54.6 Å². The fourth-order valence-corrected chi connectivity index (χ4v) is 3.56. The minimum atomic E-state index is -0.0234. The van der Waals surface area contributed by atoms with E-state index in [2.05, 4.69) is 29.6 Å². The van der Waals surface area contributed by atoms with Crippen LogP contribution in [0, 0.1) is 5.41 Å². The number of nitrogens with one attached hydrogen (secondary N) is 2. The van der Waals surface area contributed by atoms with Crippen LogP contribution in [0.3, 0.4) is 0 Å². The lowest BCUT2D eigenvalue weighted by atomic mass is 9.95. The summed E-state index contributed by atoms with van der Waals surface area (Å²) < 4.78 is 5.67. The highest BCUT2D eigenvalue weighted by Crippen LogP contribution is 2.36. The Morgan fingerprint density at radius 1 is 1.03 bits per heavy atom. The molecule has 3 aromatic carbocycles. The number of ether oxygens (including phenoxy) is 1. The highest BCUT2D eigenvalue weighted by Gasteiger charge is 2.26. The molecule has 0 saturated carbocycles. The van der Waals surface area contributed by atoms with Crippen LogP contribution in [0.15, 0.2) is 72.8 Å². The number of benzene rings is 3. The third kappa shape index (κ3) is 4.29. The number of rotatable bonds is 6. The van der Waals surface area contributed by atoms with Gasteiger partial charge in [0.2, 0.25) is 5.91 Å². The minimum absolute atomic E-state index is 0.0156. The second kappa shape index (κ2) is 8.19. The Kier molecular flexibility index (Phi) is 5.29. The quantitative estimate of drug-likeness (QED) is 0.445. The number of hydrogen-bond acceptors (Lipinski definition) is 3. The molecule has 5 heteroatoms. The summed E-state index contributed by atoms with van der Waals surface area (Å²) in [6, 6.07) is 23.9. The van der Waals surface area contributed by atoms with Crippen LogP contribution in [0.2, 0.25) is 0 Å². The highest BCUT2D eigenvalue weighted by atomic mass is 16.5. The van der Waals surface area contributed by atoms with Gasteiger partial charge < -0.3 is 15.8 Å². The van der Waals surface area contributed by atoms with E-state index in [9.17, 15) is 4.79 Å². The molecule has 0 radical (unpaired) electrons. The third-order valence-corrected chi connectivity index (χ3v) is 5.18. The zero-order valence-electron chi connectivity index (χ0n) is 16.0. The summed E-state index contributed by atoms with van der Waals surface area (Å²) in [4.78, 5) is 12.5. The number of carbonyl (C=O) groups excluding carboxylic acids is 1. The molecule has 4 rings (SSSR count). The Labute approximate surface area is 170 Å². The van der Waals surface area contributed by atoms with E-state index in [4.69, 9.17) is 15.9 Å². The molecular formula is C24H23N3O2. The van der Waals surface area contributed by atoms with Crippen LogP contribution in [-0.4, -0.2) is 18.3 Å². The van der Waals surface area contributed by atoms with E-state index in [-0.39, 0.29) is 17.7 Å². The lowest BCUT2D eigenvalue weighted by Crippen LogP contribution is -2.25. The summed E-state index contributed by atoms with van der Waals surface area (Å²) >= 11 is 0. The molecular weight excluding hydrogens is 362 g/mol. The summed E-state index contributed by atoms with van der Waals surface area (Å²) in [6.07, 6.45) is 0.344. The Morgan fingerprint density at radius 2 is 1.76 bits per heavy atom. The predicted octanol–water partition coefficient (Wildman–Crippen LogP) is 3.82. The van der Waals surface area contributed by atoms with Gasteiger partial charge in [-0.25, -0.2) is 0 Å². The number of hydrogen-bond donors (Lipinski definition) is 3. The van der Waals surface area contributed by atoms with Crippen molar-refractivity contribution in [3.63, 3.8) is 0 Å². The first-order valence-electron chi connectivity index (χ1n) is 9.62. The molecule has 0 bridgehead atoms. The van der Waals surface area contributed by atoms with E-state index in [0.29, 0.717) is 25.1 Å². The fraction of sp³-hybridized carbons (Fsp3) is 0.167. The second-order valence-electron chi connectivity index (χ2n) is 7.22. The standard InChI is InChI=1S/C24H23N3O2/c25-24(26)19-10-11-22-21(12-19)20(15-29-22)13-23(28)27-14-16-6-8-18(9-7-16)17-4-2-1-3-5-17/h1-12,20H,13-15H2,(H3,25,26)(H,27,28). The van der Waals surface area contributed by atoms with Crippen molar-refractivity contribution in [2.75, 3.05) is 6.61 Å². The van der Waals surface area contributed by atoms with Crippen LogP contribution in [0.5, 0.6) is 5.75 Å². The van der Waals surface area contributed by atoms with Gasteiger partial charge in [0.25, 0.3) is 0 Å². The minimum Gasteiger partial charge on any atom is -0.493 e. The lowest BCUT2D eigenvalue weighted by molar-refractivity contribution is -0.121. The van der Waals surface area contributed by atoms with E-state index in [1.54, 1.807) is 6.07 Å². The molecule has 3 aromatic rings. The second-order valence-corrected chi connectivity index (χ2v) is 7.22. The third-order valence-electron chi connectivity index (χ3n) is 5.18. The molecule has 0 fully saturated rings. The van der Waals surface area contributed by atoms with Gasteiger partial charge in [-0.2, -0.15) is 0 Å². The van der Waals surface area contributed by atoms with Gasteiger partial charge in [-0.05, 0) is 34.9 Å². The Hall–Kier alpha value is -3.60. The van der Waals surface area contributed by atoms with E-state index < -0.39 is 0 Å². The largest absolute Gasteiger partial charge is 0.493 e. The van der Waals surface area contributed by atoms with Crippen molar-refractivity contribution in [1.82, 2.24) is 5.32 Å². The number of nitrogen functional groups attached to an aromatic ring is 1. The monoisotopic (exact) mass is 385 g/mol. The average molecular weight is 385 g/mol. The van der Waals surface area contributed by atoms with Gasteiger partial charge in [-0.15, -0.1) is 0 Å². The number of carbonyl (C=O) groups is 1. The zero-order valence-corrected chi connectivity index (χ0v) is 16.0. The lowest BCUT2D eigenvalue weighted by Gasteiger charge is -2.11. The Morgan fingerprint density at radius 3 is 2.48 bits per heavy atom. The van der Waals surface area contributed by atoms with Crippen LogP contribution in [0.1, 0.15) is 29.0 Å². The van der Waals surface area contributed by atoms with Crippen molar-refractivity contribution in [2.45, 2.75) is 18.9 Å². The molecule has 1 amide bonds. The van der Waals surface area contributed by atoms with Crippen molar-refractivity contribution in [3.8, 4) is 16.9 Å². The molecule has 0 aliphatic carbocycles. The van der Waals surface area contributed by atoms with Crippen LogP contribution in [-0.2, 0) is 11.3 Å². The number of amides is 1. The molecule has 5 nitrogen and oxygen atoms in total. The van der Waals surface area contributed by atoms with Gasteiger partial charge in [0.15, 0.2) is 0 Å². The van der Waals surface area contributed by atoms with Crippen molar-refractivity contribution in [1.29, 1.82) is 5.41 Å². The van der Waals surface area contributed by atoms with Gasteiger partial charge in [0.1, 0.15) is 11.6 Å². The molecule has 1 atom stereocenters. The zero-order chi connectivity index (χ0) is 20.2. The van der Waals surface area contributed by atoms with Crippen molar-refractivity contribution in [3.05, 3.63) is 89.5 Å². The summed E-state index contributed by atoms with van der Waals surface area (Å²) in [6.45, 7) is 0.956. The van der Waals surface area contributed by atoms with Crippen molar-refractivity contribution >= 4 is 11.7 Å². The van der Waals surface area contributed by atoms with Crippen LogP contribution in [0.4, 0.5) is 0 Å². The number of amidine groups is 1. The van der Waals surface area contributed by atoms with Gasteiger partial charge in [0, 0.05) is 30.0 Å². The van der Waals surface area contributed by atoms with E-state index in [0.717, 1.165) is 22.4 Å². The summed E-state index contributed by atoms with van der Waals surface area (Å²) in [5, 5.41) is 10.6. The maximum atomic E-state index is 12.5. The van der Waals surface area contributed by atoms with Gasteiger partial charge in [0.05, 0.1) is 6.61 Å². The molecule has 0 spiro atoms. The first-order chi connectivity index (χ1) is 14.1. The molecule has 1 heterocycles.